The Bertz CT molecular complexity index is 914. The molecule has 0 aliphatic heterocycles. The van der Waals surface area contributed by atoms with Gasteiger partial charge in [0.25, 0.3) is 0 Å². The smallest absolute Gasteiger partial charge is 0.00838 e. The molecule has 0 amide bonds. The monoisotopic (exact) mass is 355 g/mol. The zero-order chi connectivity index (χ0) is 19.4. The van der Waals surface area contributed by atoms with Gasteiger partial charge in [-0.2, -0.15) is 0 Å². The molecule has 2 aromatic carbocycles. The van der Waals surface area contributed by atoms with Crippen molar-refractivity contribution in [2.75, 3.05) is 0 Å². The van der Waals surface area contributed by atoms with E-state index in [0.717, 1.165) is 18.5 Å². The summed E-state index contributed by atoms with van der Waals surface area (Å²) in [6.45, 7) is 8.68. The number of rotatable bonds is 4. The fourth-order valence-corrected chi connectivity index (χ4v) is 3.63. The van der Waals surface area contributed by atoms with Gasteiger partial charge in [0.2, 0.25) is 0 Å². The summed E-state index contributed by atoms with van der Waals surface area (Å²) in [4.78, 5) is 0. The summed E-state index contributed by atoms with van der Waals surface area (Å²) >= 11 is 0. The minimum atomic E-state index is 0.945. The molecular weight excluding hydrogens is 326 g/mol. The van der Waals surface area contributed by atoms with Crippen molar-refractivity contribution in [1.82, 2.24) is 0 Å². The molecular formula is C26H29N. The van der Waals surface area contributed by atoms with Crippen molar-refractivity contribution in [3.63, 3.8) is 0 Å². The fourth-order valence-electron chi connectivity index (χ4n) is 3.63. The lowest BCUT2D eigenvalue weighted by molar-refractivity contribution is 0.913. The van der Waals surface area contributed by atoms with Crippen LogP contribution in [0.25, 0.3) is 5.57 Å². The van der Waals surface area contributed by atoms with Crippen LogP contribution in [0.3, 0.4) is 0 Å². The van der Waals surface area contributed by atoms with Crippen molar-refractivity contribution in [2.45, 2.75) is 40.5 Å². The van der Waals surface area contributed by atoms with Crippen LogP contribution >= 0.6 is 0 Å². The first kappa shape index (κ1) is 19.0. The Hall–Kier alpha value is -2.80. The second-order valence-corrected chi connectivity index (χ2v) is 7.56. The van der Waals surface area contributed by atoms with E-state index in [4.69, 9.17) is 5.73 Å². The minimum absolute atomic E-state index is 0.945. The Kier molecular flexibility index (Phi) is 5.81. The molecule has 0 unspecified atom stereocenters. The van der Waals surface area contributed by atoms with Gasteiger partial charge in [0.1, 0.15) is 0 Å². The zero-order valence-corrected chi connectivity index (χ0v) is 16.8. The average molecular weight is 356 g/mol. The summed E-state index contributed by atoms with van der Waals surface area (Å²) in [5.74, 6) is 0. The molecule has 0 fully saturated rings. The van der Waals surface area contributed by atoms with Crippen LogP contribution in [0, 0.1) is 27.7 Å². The maximum atomic E-state index is 5.86. The first-order chi connectivity index (χ1) is 12.9. The average Bonchev–Trinajstić information content (AvgIpc) is 2.62. The number of aryl methyl sites for hydroxylation is 4. The third-order valence-corrected chi connectivity index (χ3v) is 5.13. The van der Waals surface area contributed by atoms with E-state index >= 15 is 0 Å². The minimum Gasteiger partial charge on any atom is -0.402 e. The molecule has 0 spiro atoms. The molecule has 0 saturated carbocycles. The third-order valence-electron chi connectivity index (χ3n) is 5.13. The van der Waals surface area contributed by atoms with E-state index in [0.29, 0.717) is 0 Å². The zero-order valence-electron chi connectivity index (χ0n) is 16.8. The number of hydrogen-bond acceptors (Lipinski definition) is 1. The lowest BCUT2D eigenvalue weighted by Gasteiger charge is -2.15. The first-order valence-electron chi connectivity index (χ1n) is 9.63. The van der Waals surface area contributed by atoms with E-state index in [1.165, 1.54) is 44.5 Å². The van der Waals surface area contributed by atoms with Gasteiger partial charge < -0.3 is 5.73 Å². The van der Waals surface area contributed by atoms with Crippen molar-refractivity contribution in [2.24, 2.45) is 5.73 Å². The van der Waals surface area contributed by atoms with Gasteiger partial charge in [0.05, 0.1) is 0 Å². The van der Waals surface area contributed by atoms with Crippen molar-refractivity contribution >= 4 is 5.57 Å². The second-order valence-electron chi connectivity index (χ2n) is 7.56. The quantitative estimate of drug-likeness (QED) is 0.625. The van der Waals surface area contributed by atoms with Gasteiger partial charge in [-0.1, -0.05) is 71.8 Å². The maximum Gasteiger partial charge on any atom is 0.00838 e. The Morgan fingerprint density at radius 3 is 1.89 bits per heavy atom. The molecule has 27 heavy (non-hydrogen) atoms. The van der Waals surface area contributed by atoms with Gasteiger partial charge in [-0.25, -0.2) is 0 Å². The molecule has 1 aliphatic carbocycles. The Balaban J connectivity index is 2.04. The highest BCUT2D eigenvalue weighted by atomic mass is 14.6. The van der Waals surface area contributed by atoms with Crippen molar-refractivity contribution in [1.29, 1.82) is 0 Å². The van der Waals surface area contributed by atoms with Gasteiger partial charge in [0, 0.05) is 5.70 Å². The van der Waals surface area contributed by atoms with Crippen LogP contribution in [0.15, 0.2) is 78.0 Å². The van der Waals surface area contributed by atoms with E-state index in [1.807, 2.05) is 6.08 Å². The van der Waals surface area contributed by atoms with Crippen LogP contribution in [0.5, 0.6) is 0 Å². The van der Waals surface area contributed by atoms with Crippen LogP contribution < -0.4 is 5.73 Å². The molecule has 0 atom stereocenters. The fraction of sp³-hybridized carbons (Fsp3) is 0.231. The summed E-state index contributed by atoms with van der Waals surface area (Å²) in [5.41, 5.74) is 17.2. The summed E-state index contributed by atoms with van der Waals surface area (Å²) in [6, 6.07) is 13.4. The van der Waals surface area contributed by atoms with Crippen LogP contribution in [0.1, 0.15) is 46.2 Å². The molecule has 2 N–H and O–H groups in total. The Morgan fingerprint density at radius 2 is 1.41 bits per heavy atom. The molecule has 138 valence electrons. The second kappa shape index (κ2) is 8.26. The van der Waals surface area contributed by atoms with E-state index in [1.54, 1.807) is 0 Å². The van der Waals surface area contributed by atoms with Gasteiger partial charge in [-0.3, -0.25) is 0 Å². The van der Waals surface area contributed by atoms with Gasteiger partial charge in [-0.15, -0.1) is 0 Å². The topological polar surface area (TPSA) is 26.0 Å². The highest BCUT2D eigenvalue weighted by Crippen LogP contribution is 2.30. The summed E-state index contributed by atoms with van der Waals surface area (Å²) in [7, 11) is 0. The molecule has 0 aromatic heterocycles. The predicted molar refractivity (Wildman–Crippen MR) is 118 cm³/mol. The number of allylic oxidation sites excluding steroid dienone is 7. The highest BCUT2D eigenvalue weighted by Gasteiger charge is 2.10. The molecule has 3 rings (SSSR count). The molecule has 0 radical (unpaired) electrons. The Morgan fingerprint density at radius 1 is 0.815 bits per heavy atom. The predicted octanol–water partition coefficient (Wildman–Crippen LogP) is 6.47. The van der Waals surface area contributed by atoms with Gasteiger partial charge >= 0.3 is 0 Å². The van der Waals surface area contributed by atoms with E-state index in [9.17, 15) is 0 Å². The van der Waals surface area contributed by atoms with Gasteiger partial charge in [0.15, 0.2) is 0 Å². The summed E-state index contributed by atoms with van der Waals surface area (Å²) < 4.78 is 0. The van der Waals surface area contributed by atoms with E-state index in [-0.39, 0.29) is 0 Å². The summed E-state index contributed by atoms with van der Waals surface area (Å²) in [6.07, 6.45) is 12.7. The standard InChI is InChI=1S/C26H29N/c1-18-8-14-24(20(3)16-18)26(25-15-9-19(2)17-21(25)4)7-5-6-22-10-12-23(27)13-11-22/h5-10,12,14-17H,11,13,27H2,1-4H3. The third kappa shape index (κ3) is 4.68. The molecule has 1 nitrogen and oxygen atoms in total. The van der Waals surface area contributed by atoms with Crippen LogP contribution in [-0.4, -0.2) is 0 Å². The molecule has 0 bridgehead atoms. The van der Waals surface area contributed by atoms with E-state index < -0.39 is 0 Å². The highest BCUT2D eigenvalue weighted by molar-refractivity contribution is 5.84. The molecule has 1 heteroatoms. The van der Waals surface area contributed by atoms with E-state index in [2.05, 4.69) is 88.4 Å². The van der Waals surface area contributed by atoms with Crippen LogP contribution in [0.2, 0.25) is 0 Å². The maximum absolute atomic E-state index is 5.86. The SMILES string of the molecule is Cc1ccc(C(=CC=CC2=CC=C(N)CC2)c2ccc(C)cc2C)c(C)c1. The number of hydrogen-bond donors (Lipinski definition) is 1. The Labute approximate surface area is 163 Å². The first-order valence-corrected chi connectivity index (χ1v) is 9.63. The number of nitrogens with two attached hydrogens (primary N) is 1. The van der Waals surface area contributed by atoms with Crippen molar-refractivity contribution < 1.29 is 0 Å². The molecule has 2 aromatic rings. The van der Waals surface area contributed by atoms with Crippen molar-refractivity contribution in [3.8, 4) is 0 Å². The molecule has 1 aliphatic rings. The molecule has 0 heterocycles. The van der Waals surface area contributed by atoms with Crippen LogP contribution in [-0.2, 0) is 0 Å². The normalized spacial score (nSPS) is 14.1. The summed E-state index contributed by atoms with van der Waals surface area (Å²) in [5, 5.41) is 0. The molecule has 0 saturated heterocycles. The van der Waals surface area contributed by atoms with Crippen LogP contribution in [0.4, 0.5) is 0 Å². The van der Waals surface area contributed by atoms with Gasteiger partial charge in [-0.05, 0) is 80.0 Å². The lowest BCUT2D eigenvalue weighted by Crippen LogP contribution is -2.00. The largest absolute Gasteiger partial charge is 0.402 e. The lowest BCUT2D eigenvalue weighted by atomic mass is 9.90. The van der Waals surface area contributed by atoms with Crippen molar-refractivity contribution in [3.05, 3.63) is 111 Å². The number of benzene rings is 2.